The summed E-state index contributed by atoms with van der Waals surface area (Å²) in [6.07, 6.45) is 0.720. The number of nitrogens with zero attached hydrogens (tertiary/aromatic N) is 2. The molecule has 0 spiro atoms. The summed E-state index contributed by atoms with van der Waals surface area (Å²) in [5.74, 6) is -0.122. The molecule has 0 aliphatic carbocycles. The molecule has 0 N–H and O–H groups in total. The van der Waals surface area contributed by atoms with Gasteiger partial charge in [-0.05, 0) is 35.7 Å². The van der Waals surface area contributed by atoms with Crippen molar-refractivity contribution >= 4 is 21.6 Å². The van der Waals surface area contributed by atoms with Gasteiger partial charge in [-0.15, -0.1) is 0 Å². The van der Waals surface area contributed by atoms with E-state index in [-0.39, 0.29) is 12.3 Å². The molecule has 0 saturated heterocycles. The molecule has 0 fully saturated rings. The van der Waals surface area contributed by atoms with Crippen molar-refractivity contribution in [2.24, 2.45) is 0 Å². The van der Waals surface area contributed by atoms with Crippen LogP contribution in [0, 0.1) is 11.3 Å². The highest BCUT2D eigenvalue weighted by Gasteiger charge is 2.23. The Balaban J connectivity index is 2.21. The third-order valence-electron chi connectivity index (χ3n) is 3.60. The van der Waals surface area contributed by atoms with Crippen molar-refractivity contribution in [3.8, 4) is 6.07 Å². The monoisotopic (exact) mass is 362 g/mol. The van der Waals surface area contributed by atoms with E-state index in [1.54, 1.807) is 48.5 Å². The first-order valence-corrected chi connectivity index (χ1v) is 9.65. The Hall–Kier alpha value is -1.87. The SMILES string of the molecule is CCCN(Cc1ccc(C#N)cc1)S(=O)(=O)Cc1ccccc1Cl. The summed E-state index contributed by atoms with van der Waals surface area (Å²) in [6, 6.07) is 16.0. The molecule has 0 bridgehead atoms. The van der Waals surface area contributed by atoms with E-state index in [2.05, 4.69) is 6.07 Å². The molecule has 4 nitrogen and oxygen atoms in total. The normalized spacial score (nSPS) is 11.4. The second kappa shape index (κ2) is 8.29. The molecule has 0 aliphatic heterocycles. The van der Waals surface area contributed by atoms with Crippen LogP contribution in [0.3, 0.4) is 0 Å². The van der Waals surface area contributed by atoms with Crippen molar-refractivity contribution in [3.63, 3.8) is 0 Å². The van der Waals surface area contributed by atoms with E-state index in [0.29, 0.717) is 22.7 Å². The number of hydrogen-bond donors (Lipinski definition) is 0. The predicted molar refractivity (Wildman–Crippen MR) is 95.9 cm³/mol. The Bertz CT molecular complexity index is 827. The minimum atomic E-state index is -3.49. The van der Waals surface area contributed by atoms with Gasteiger partial charge in [0.2, 0.25) is 10.0 Å². The van der Waals surface area contributed by atoms with Crippen LogP contribution < -0.4 is 0 Å². The highest BCUT2D eigenvalue weighted by Crippen LogP contribution is 2.21. The summed E-state index contributed by atoms with van der Waals surface area (Å²) in [4.78, 5) is 0. The highest BCUT2D eigenvalue weighted by atomic mass is 35.5. The van der Waals surface area contributed by atoms with Crippen molar-refractivity contribution in [1.82, 2.24) is 4.31 Å². The fourth-order valence-electron chi connectivity index (χ4n) is 2.36. The number of benzene rings is 2. The molecule has 6 heteroatoms. The van der Waals surface area contributed by atoms with Crippen LogP contribution in [0.1, 0.15) is 30.0 Å². The number of rotatable bonds is 7. The molecular weight excluding hydrogens is 344 g/mol. The van der Waals surface area contributed by atoms with Gasteiger partial charge in [0.1, 0.15) is 0 Å². The van der Waals surface area contributed by atoms with Gasteiger partial charge in [-0.1, -0.05) is 48.9 Å². The highest BCUT2D eigenvalue weighted by molar-refractivity contribution is 7.88. The maximum Gasteiger partial charge on any atom is 0.218 e. The first kappa shape index (κ1) is 18.5. The molecule has 126 valence electrons. The topological polar surface area (TPSA) is 61.2 Å². The van der Waals surface area contributed by atoms with Crippen LogP contribution in [0.4, 0.5) is 0 Å². The molecule has 0 heterocycles. The number of nitriles is 1. The standard InChI is InChI=1S/C18H19ClN2O2S/c1-2-11-21(13-16-9-7-15(12-20)8-10-16)24(22,23)14-17-5-3-4-6-18(17)19/h3-10H,2,11,13-14H2,1H3. The van der Waals surface area contributed by atoms with Gasteiger partial charge in [0.25, 0.3) is 0 Å². The Morgan fingerprint density at radius 2 is 1.79 bits per heavy atom. The molecule has 2 aromatic rings. The molecular formula is C18H19ClN2O2S. The molecule has 0 saturated carbocycles. The van der Waals surface area contributed by atoms with E-state index in [0.717, 1.165) is 12.0 Å². The quantitative estimate of drug-likeness (QED) is 0.749. The van der Waals surface area contributed by atoms with Gasteiger partial charge >= 0.3 is 0 Å². The average molecular weight is 363 g/mol. The van der Waals surface area contributed by atoms with Crippen molar-refractivity contribution in [2.45, 2.75) is 25.6 Å². The van der Waals surface area contributed by atoms with E-state index in [4.69, 9.17) is 16.9 Å². The Morgan fingerprint density at radius 3 is 2.38 bits per heavy atom. The number of sulfonamides is 1. The molecule has 0 amide bonds. The van der Waals surface area contributed by atoms with Crippen molar-refractivity contribution in [3.05, 3.63) is 70.2 Å². The van der Waals surface area contributed by atoms with Crippen LogP contribution in [-0.2, 0) is 22.3 Å². The summed E-state index contributed by atoms with van der Waals surface area (Å²) in [5, 5.41) is 9.30. The molecule has 0 unspecified atom stereocenters. The summed E-state index contributed by atoms with van der Waals surface area (Å²) < 4.78 is 27.0. The lowest BCUT2D eigenvalue weighted by Crippen LogP contribution is -2.32. The van der Waals surface area contributed by atoms with E-state index in [9.17, 15) is 8.42 Å². The van der Waals surface area contributed by atoms with Crippen molar-refractivity contribution < 1.29 is 8.42 Å². The number of halogens is 1. The van der Waals surface area contributed by atoms with Crippen LogP contribution in [0.5, 0.6) is 0 Å². The molecule has 2 rings (SSSR count). The Labute approximate surface area is 148 Å². The van der Waals surface area contributed by atoms with Gasteiger partial charge in [0.15, 0.2) is 0 Å². The lowest BCUT2D eigenvalue weighted by molar-refractivity contribution is 0.405. The van der Waals surface area contributed by atoms with Crippen LogP contribution >= 0.6 is 11.6 Å². The van der Waals surface area contributed by atoms with E-state index >= 15 is 0 Å². The zero-order chi connectivity index (χ0) is 17.6. The smallest absolute Gasteiger partial charge is 0.212 e. The summed E-state index contributed by atoms with van der Waals surface area (Å²) in [6.45, 7) is 2.66. The van der Waals surface area contributed by atoms with Gasteiger partial charge in [-0.3, -0.25) is 0 Å². The minimum Gasteiger partial charge on any atom is -0.212 e. The zero-order valence-corrected chi connectivity index (χ0v) is 15.0. The Morgan fingerprint density at radius 1 is 1.12 bits per heavy atom. The first-order chi connectivity index (χ1) is 11.5. The predicted octanol–water partition coefficient (Wildman–Crippen LogP) is 3.95. The Kier molecular flexibility index (Phi) is 6.38. The van der Waals surface area contributed by atoms with E-state index < -0.39 is 10.0 Å². The van der Waals surface area contributed by atoms with Crippen molar-refractivity contribution in [2.75, 3.05) is 6.54 Å². The minimum absolute atomic E-state index is 0.122. The fraction of sp³-hybridized carbons (Fsp3) is 0.278. The third-order valence-corrected chi connectivity index (χ3v) is 5.75. The van der Waals surface area contributed by atoms with Crippen LogP contribution in [-0.4, -0.2) is 19.3 Å². The molecule has 2 aromatic carbocycles. The largest absolute Gasteiger partial charge is 0.218 e. The second-order valence-corrected chi connectivity index (χ2v) is 7.87. The zero-order valence-electron chi connectivity index (χ0n) is 13.4. The van der Waals surface area contributed by atoms with Gasteiger partial charge in [-0.25, -0.2) is 8.42 Å². The van der Waals surface area contributed by atoms with Crippen molar-refractivity contribution in [1.29, 1.82) is 5.26 Å². The van der Waals surface area contributed by atoms with Gasteiger partial charge in [0, 0.05) is 18.1 Å². The number of hydrogen-bond acceptors (Lipinski definition) is 3. The van der Waals surface area contributed by atoms with Gasteiger partial charge in [0.05, 0.1) is 17.4 Å². The van der Waals surface area contributed by atoms with Crippen LogP contribution in [0.25, 0.3) is 0 Å². The fourth-order valence-corrected chi connectivity index (χ4v) is 4.27. The lowest BCUT2D eigenvalue weighted by atomic mass is 10.1. The third kappa shape index (κ3) is 4.81. The molecule has 0 aromatic heterocycles. The summed E-state index contributed by atoms with van der Waals surface area (Å²) in [5.41, 5.74) is 2.00. The van der Waals surface area contributed by atoms with E-state index in [1.165, 1.54) is 4.31 Å². The van der Waals surface area contributed by atoms with Gasteiger partial charge < -0.3 is 0 Å². The maximum atomic E-state index is 12.8. The average Bonchev–Trinajstić information content (AvgIpc) is 2.57. The molecule has 0 atom stereocenters. The van der Waals surface area contributed by atoms with Crippen LogP contribution in [0.2, 0.25) is 5.02 Å². The first-order valence-electron chi connectivity index (χ1n) is 7.66. The summed E-state index contributed by atoms with van der Waals surface area (Å²) >= 11 is 6.09. The van der Waals surface area contributed by atoms with E-state index in [1.807, 2.05) is 6.92 Å². The molecule has 24 heavy (non-hydrogen) atoms. The molecule has 0 radical (unpaired) electrons. The summed E-state index contributed by atoms with van der Waals surface area (Å²) in [7, 11) is -3.49. The maximum absolute atomic E-state index is 12.8. The molecule has 0 aliphatic rings. The van der Waals surface area contributed by atoms with Crippen LogP contribution in [0.15, 0.2) is 48.5 Å². The lowest BCUT2D eigenvalue weighted by Gasteiger charge is -2.22. The van der Waals surface area contributed by atoms with Gasteiger partial charge in [-0.2, -0.15) is 9.57 Å². The second-order valence-electron chi connectivity index (χ2n) is 5.49.